The van der Waals surface area contributed by atoms with Crippen molar-refractivity contribution in [2.75, 3.05) is 0 Å². The summed E-state index contributed by atoms with van der Waals surface area (Å²) in [6, 6.07) is 6.84. The second-order valence-corrected chi connectivity index (χ2v) is 4.96. The zero-order chi connectivity index (χ0) is 12.7. The first-order valence-corrected chi connectivity index (χ1v) is 6.91. The van der Waals surface area contributed by atoms with E-state index < -0.39 is 0 Å². The molecule has 0 fully saturated rings. The van der Waals surface area contributed by atoms with Crippen molar-refractivity contribution < 1.29 is 0 Å². The Kier molecular flexibility index (Phi) is 6.04. The number of aryl methyl sites for hydroxylation is 2. The Balaban J connectivity index is 2.87. The summed E-state index contributed by atoms with van der Waals surface area (Å²) in [5, 5.41) is 0. The van der Waals surface area contributed by atoms with Crippen molar-refractivity contribution in [2.24, 2.45) is 0 Å². The minimum absolute atomic E-state index is 0.697. The molecule has 1 aromatic carbocycles. The van der Waals surface area contributed by atoms with Crippen molar-refractivity contribution in [1.29, 1.82) is 0 Å². The number of hydrogen-bond acceptors (Lipinski definition) is 0. The Bertz CT molecular complexity index is 360. The predicted octanol–water partition coefficient (Wildman–Crippen LogP) is 5.54. The van der Waals surface area contributed by atoms with E-state index in [9.17, 15) is 0 Å². The maximum Gasteiger partial charge on any atom is -0.0125 e. The minimum atomic E-state index is 0.697. The second-order valence-electron chi connectivity index (χ2n) is 4.96. The van der Waals surface area contributed by atoms with E-state index in [4.69, 9.17) is 0 Å². The van der Waals surface area contributed by atoms with E-state index in [1.807, 2.05) is 0 Å². The van der Waals surface area contributed by atoms with E-state index in [-0.39, 0.29) is 0 Å². The van der Waals surface area contributed by atoms with Crippen LogP contribution in [0.2, 0.25) is 0 Å². The fourth-order valence-corrected chi connectivity index (χ4v) is 2.38. The molecule has 1 aromatic rings. The molecule has 0 radical (unpaired) electrons. The summed E-state index contributed by atoms with van der Waals surface area (Å²) >= 11 is 0. The van der Waals surface area contributed by atoms with Crippen LogP contribution in [-0.4, -0.2) is 0 Å². The summed E-state index contributed by atoms with van der Waals surface area (Å²) in [4.78, 5) is 0. The van der Waals surface area contributed by atoms with Crippen LogP contribution in [0.15, 0.2) is 30.4 Å². The van der Waals surface area contributed by atoms with Crippen LogP contribution in [0.1, 0.15) is 62.1 Å². The number of hydrogen-bond donors (Lipinski definition) is 0. The van der Waals surface area contributed by atoms with Gasteiger partial charge in [0, 0.05) is 0 Å². The molecule has 0 spiro atoms. The van der Waals surface area contributed by atoms with Gasteiger partial charge in [0.15, 0.2) is 0 Å². The Morgan fingerprint density at radius 2 is 1.88 bits per heavy atom. The van der Waals surface area contributed by atoms with Gasteiger partial charge in [-0.2, -0.15) is 0 Å². The van der Waals surface area contributed by atoms with Gasteiger partial charge >= 0.3 is 0 Å². The van der Waals surface area contributed by atoms with Crippen LogP contribution in [0.3, 0.4) is 0 Å². The zero-order valence-corrected chi connectivity index (χ0v) is 11.8. The standard InChI is InChI=1S/C17H26/c1-5-7-8-10-16(9-6-2)17-13-14(3)11-12-15(17)4/h7-8,11-13,16H,5-6,9-10H2,1-4H3/b8-7-. The number of rotatable bonds is 6. The lowest BCUT2D eigenvalue weighted by molar-refractivity contribution is 0.616. The van der Waals surface area contributed by atoms with E-state index in [0.29, 0.717) is 5.92 Å². The van der Waals surface area contributed by atoms with E-state index >= 15 is 0 Å². The Labute approximate surface area is 107 Å². The molecule has 0 amide bonds. The molecule has 0 bridgehead atoms. The van der Waals surface area contributed by atoms with Crippen molar-refractivity contribution in [3.63, 3.8) is 0 Å². The minimum Gasteiger partial charge on any atom is -0.0888 e. The van der Waals surface area contributed by atoms with Crippen LogP contribution >= 0.6 is 0 Å². The van der Waals surface area contributed by atoms with Gasteiger partial charge < -0.3 is 0 Å². The third kappa shape index (κ3) is 4.38. The summed E-state index contributed by atoms with van der Waals surface area (Å²) in [6.07, 6.45) is 9.52. The van der Waals surface area contributed by atoms with Crippen molar-refractivity contribution in [1.82, 2.24) is 0 Å². The van der Waals surface area contributed by atoms with Gasteiger partial charge in [0.1, 0.15) is 0 Å². The van der Waals surface area contributed by atoms with Crippen molar-refractivity contribution >= 4 is 0 Å². The van der Waals surface area contributed by atoms with Crippen molar-refractivity contribution in [3.05, 3.63) is 47.0 Å². The van der Waals surface area contributed by atoms with E-state index in [1.54, 1.807) is 5.56 Å². The van der Waals surface area contributed by atoms with Crippen molar-refractivity contribution in [2.45, 2.75) is 59.3 Å². The first-order valence-electron chi connectivity index (χ1n) is 6.91. The van der Waals surface area contributed by atoms with E-state index in [1.165, 1.54) is 30.4 Å². The van der Waals surface area contributed by atoms with Crippen LogP contribution < -0.4 is 0 Å². The van der Waals surface area contributed by atoms with Crippen LogP contribution in [0.5, 0.6) is 0 Å². The maximum atomic E-state index is 2.37. The highest BCUT2D eigenvalue weighted by molar-refractivity contribution is 5.33. The number of benzene rings is 1. The second kappa shape index (κ2) is 7.32. The van der Waals surface area contributed by atoms with Gasteiger partial charge in [-0.25, -0.2) is 0 Å². The lowest BCUT2D eigenvalue weighted by atomic mass is 9.87. The Morgan fingerprint density at radius 1 is 1.12 bits per heavy atom. The molecular weight excluding hydrogens is 204 g/mol. The highest BCUT2D eigenvalue weighted by Crippen LogP contribution is 2.28. The highest BCUT2D eigenvalue weighted by atomic mass is 14.2. The summed E-state index contributed by atoms with van der Waals surface area (Å²) in [5.74, 6) is 0.697. The molecule has 0 saturated heterocycles. The van der Waals surface area contributed by atoms with Gasteiger partial charge in [0.05, 0.1) is 0 Å². The van der Waals surface area contributed by atoms with Crippen LogP contribution in [0, 0.1) is 13.8 Å². The van der Waals surface area contributed by atoms with Gasteiger partial charge in [0.2, 0.25) is 0 Å². The average Bonchev–Trinajstić information content (AvgIpc) is 2.32. The largest absolute Gasteiger partial charge is 0.0888 e. The number of allylic oxidation sites excluding steroid dienone is 2. The van der Waals surface area contributed by atoms with Gasteiger partial charge in [-0.1, -0.05) is 56.2 Å². The topological polar surface area (TPSA) is 0 Å². The van der Waals surface area contributed by atoms with Gasteiger partial charge in [0.25, 0.3) is 0 Å². The maximum absolute atomic E-state index is 2.37. The Morgan fingerprint density at radius 3 is 2.53 bits per heavy atom. The summed E-state index contributed by atoms with van der Waals surface area (Å²) in [6.45, 7) is 8.90. The Hall–Kier alpha value is -1.04. The van der Waals surface area contributed by atoms with Crippen LogP contribution in [-0.2, 0) is 0 Å². The van der Waals surface area contributed by atoms with Crippen molar-refractivity contribution in [3.8, 4) is 0 Å². The van der Waals surface area contributed by atoms with E-state index in [2.05, 4.69) is 58.0 Å². The highest BCUT2D eigenvalue weighted by Gasteiger charge is 2.11. The third-order valence-corrected chi connectivity index (χ3v) is 3.33. The molecule has 0 saturated carbocycles. The molecule has 17 heavy (non-hydrogen) atoms. The van der Waals surface area contributed by atoms with Gasteiger partial charge in [-0.15, -0.1) is 0 Å². The normalized spacial score (nSPS) is 13.2. The molecule has 0 aromatic heterocycles. The smallest absolute Gasteiger partial charge is 0.0125 e. The molecule has 94 valence electrons. The molecule has 0 heterocycles. The monoisotopic (exact) mass is 230 g/mol. The first kappa shape index (κ1) is 14.0. The molecule has 0 aliphatic rings. The fraction of sp³-hybridized carbons (Fsp3) is 0.529. The predicted molar refractivity (Wildman–Crippen MR) is 77.6 cm³/mol. The molecule has 1 rings (SSSR count). The molecule has 0 aliphatic heterocycles. The molecule has 0 nitrogen and oxygen atoms in total. The molecule has 0 N–H and O–H groups in total. The summed E-state index contributed by atoms with van der Waals surface area (Å²) in [5.41, 5.74) is 4.37. The lowest BCUT2D eigenvalue weighted by Gasteiger charge is -2.18. The molecule has 0 heteroatoms. The van der Waals surface area contributed by atoms with Crippen LogP contribution in [0.4, 0.5) is 0 Å². The lowest BCUT2D eigenvalue weighted by Crippen LogP contribution is -2.00. The van der Waals surface area contributed by atoms with Crippen LogP contribution in [0.25, 0.3) is 0 Å². The molecule has 1 atom stereocenters. The third-order valence-electron chi connectivity index (χ3n) is 3.33. The molecular formula is C17H26. The summed E-state index contributed by atoms with van der Waals surface area (Å²) < 4.78 is 0. The van der Waals surface area contributed by atoms with E-state index in [0.717, 1.165) is 6.42 Å². The zero-order valence-electron chi connectivity index (χ0n) is 11.8. The van der Waals surface area contributed by atoms with Gasteiger partial charge in [-0.3, -0.25) is 0 Å². The fourth-order valence-electron chi connectivity index (χ4n) is 2.38. The molecule has 0 aliphatic carbocycles. The van der Waals surface area contributed by atoms with Gasteiger partial charge in [-0.05, 0) is 50.2 Å². The quantitative estimate of drug-likeness (QED) is 0.562. The SMILES string of the molecule is CC/C=C\CC(CCC)c1cc(C)ccc1C. The average molecular weight is 230 g/mol. The summed E-state index contributed by atoms with van der Waals surface area (Å²) in [7, 11) is 0. The first-order chi connectivity index (χ1) is 8.19. The molecule has 1 unspecified atom stereocenters.